The van der Waals surface area contributed by atoms with Crippen LogP contribution in [0.3, 0.4) is 0 Å². The van der Waals surface area contributed by atoms with Gasteiger partial charge in [-0.15, -0.1) is 0 Å². The molecule has 132 valence electrons. The number of nitrogens with one attached hydrogen (secondary N) is 1. The van der Waals surface area contributed by atoms with Crippen LogP contribution in [0.1, 0.15) is 31.2 Å². The maximum absolute atomic E-state index is 13.6. The molecular formula is C19H27FN2O2. The summed E-state index contributed by atoms with van der Waals surface area (Å²) in [4.78, 5) is 15.2. The molecule has 1 amide bonds. The van der Waals surface area contributed by atoms with E-state index in [1.54, 1.807) is 13.2 Å². The third-order valence-corrected chi connectivity index (χ3v) is 5.55. The van der Waals surface area contributed by atoms with Crippen molar-refractivity contribution >= 4 is 5.91 Å². The van der Waals surface area contributed by atoms with Crippen LogP contribution in [-0.2, 0) is 14.9 Å². The van der Waals surface area contributed by atoms with Crippen molar-refractivity contribution in [3.8, 4) is 0 Å². The number of hydrogen-bond acceptors (Lipinski definition) is 3. The number of carbonyl (C=O) groups excluding carboxylic acids is 1. The van der Waals surface area contributed by atoms with Gasteiger partial charge in [0.25, 0.3) is 0 Å². The Balaban J connectivity index is 1.55. The minimum absolute atomic E-state index is 0.0645. The van der Waals surface area contributed by atoms with Crippen LogP contribution >= 0.6 is 0 Å². The van der Waals surface area contributed by atoms with Crippen molar-refractivity contribution in [2.75, 3.05) is 39.9 Å². The van der Waals surface area contributed by atoms with E-state index in [4.69, 9.17) is 4.74 Å². The summed E-state index contributed by atoms with van der Waals surface area (Å²) in [5.74, 6) is 0.293. The fourth-order valence-corrected chi connectivity index (χ4v) is 3.87. The number of likely N-dealkylation sites (tertiary alicyclic amines) is 1. The number of amides is 1. The van der Waals surface area contributed by atoms with Gasteiger partial charge < -0.3 is 15.0 Å². The second-order valence-electron chi connectivity index (χ2n) is 7.10. The molecule has 2 fully saturated rings. The van der Waals surface area contributed by atoms with E-state index in [1.165, 1.54) is 12.1 Å². The summed E-state index contributed by atoms with van der Waals surface area (Å²) in [6.45, 7) is 4.49. The molecule has 1 aromatic rings. The molecule has 1 aliphatic carbocycles. The van der Waals surface area contributed by atoms with Gasteiger partial charge in [0.15, 0.2) is 0 Å². The first kappa shape index (κ1) is 17.4. The van der Waals surface area contributed by atoms with E-state index in [-0.39, 0.29) is 11.7 Å². The predicted octanol–water partition coefficient (Wildman–Crippen LogP) is 2.33. The lowest BCUT2D eigenvalue weighted by Gasteiger charge is -2.41. The summed E-state index contributed by atoms with van der Waals surface area (Å²) in [5.41, 5.74) is 0.301. The Morgan fingerprint density at radius 2 is 2.29 bits per heavy atom. The Morgan fingerprint density at radius 3 is 2.96 bits per heavy atom. The molecule has 1 atom stereocenters. The summed E-state index contributed by atoms with van der Waals surface area (Å²) < 4.78 is 18.7. The largest absolute Gasteiger partial charge is 0.383 e. The average molecular weight is 334 g/mol. The fraction of sp³-hybridized carbons (Fsp3) is 0.632. The predicted molar refractivity (Wildman–Crippen MR) is 91.4 cm³/mol. The highest BCUT2D eigenvalue weighted by Crippen LogP contribution is 2.44. The first-order chi connectivity index (χ1) is 11.6. The molecule has 0 bridgehead atoms. The highest BCUT2D eigenvalue weighted by molar-refractivity contribution is 5.89. The van der Waals surface area contributed by atoms with Gasteiger partial charge in [-0.25, -0.2) is 4.39 Å². The van der Waals surface area contributed by atoms with Gasteiger partial charge in [0.05, 0.1) is 12.0 Å². The quantitative estimate of drug-likeness (QED) is 0.832. The molecule has 1 aromatic carbocycles. The third-order valence-electron chi connectivity index (χ3n) is 5.55. The molecule has 4 nitrogen and oxygen atoms in total. The van der Waals surface area contributed by atoms with Crippen LogP contribution in [0.15, 0.2) is 24.3 Å². The second-order valence-corrected chi connectivity index (χ2v) is 7.10. The molecule has 1 heterocycles. The first-order valence-electron chi connectivity index (χ1n) is 8.90. The van der Waals surface area contributed by atoms with E-state index < -0.39 is 5.41 Å². The van der Waals surface area contributed by atoms with E-state index in [0.717, 1.165) is 57.5 Å². The van der Waals surface area contributed by atoms with E-state index in [9.17, 15) is 9.18 Å². The maximum Gasteiger partial charge on any atom is 0.230 e. The Morgan fingerprint density at radius 1 is 1.46 bits per heavy atom. The van der Waals surface area contributed by atoms with Crippen LogP contribution in [0.2, 0.25) is 0 Å². The summed E-state index contributed by atoms with van der Waals surface area (Å²) >= 11 is 0. The lowest BCUT2D eigenvalue weighted by molar-refractivity contribution is -0.130. The third kappa shape index (κ3) is 3.62. The van der Waals surface area contributed by atoms with Crippen LogP contribution in [0.25, 0.3) is 0 Å². The Kier molecular flexibility index (Phi) is 5.51. The van der Waals surface area contributed by atoms with Gasteiger partial charge in [-0.05, 0) is 49.4 Å². The molecule has 1 aliphatic heterocycles. The van der Waals surface area contributed by atoms with Crippen LogP contribution in [0.5, 0.6) is 0 Å². The monoisotopic (exact) mass is 334 g/mol. The number of benzene rings is 1. The van der Waals surface area contributed by atoms with Crippen LogP contribution in [-0.4, -0.2) is 50.7 Å². The molecule has 1 saturated heterocycles. The number of nitrogens with zero attached hydrogens (tertiary/aromatic N) is 1. The van der Waals surface area contributed by atoms with Gasteiger partial charge in [-0.3, -0.25) is 4.79 Å². The minimum Gasteiger partial charge on any atom is -0.383 e. The van der Waals surface area contributed by atoms with E-state index in [1.807, 2.05) is 6.07 Å². The van der Waals surface area contributed by atoms with Crippen LogP contribution in [0, 0.1) is 11.7 Å². The smallest absolute Gasteiger partial charge is 0.230 e. The molecular weight excluding hydrogens is 307 g/mol. The lowest BCUT2D eigenvalue weighted by Crippen LogP contribution is -2.50. The van der Waals surface area contributed by atoms with Gasteiger partial charge in [0.2, 0.25) is 5.91 Å². The van der Waals surface area contributed by atoms with Gasteiger partial charge in [-0.2, -0.15) is 0 Å². The van der Waals surface area contributed by atoms with Crippen molar-refractivity contribution in [2.24, 2.45) is 5.92 Å². The number of ether oxygens (including phenoxy) is 1. The molecule has 1 N–H and O–H groups in total. The number of halogens is 1. The summed E-state index contributed by atoms with van der Waals surface area (Å²) in [5, 5.41) is 3.14. The molecule has 3 rings (SSSR count). The van der Waals surface area contributed by atoms with Crippen molar-refractivity contribution in [3.63, 3.8) is 0 Å². The van der Waals surface area contributed by atoms with Gasteiger partial charge in [0, 0.05) is 26.7 Å². The lowest BCUT2D eigenvalue weighted by atomic mass is 9.63. The standard InChI is InChI=1S/C19H27FN2O2/c1-24-11-10-22-9-6-15(14-22)13-21-18(23)19(7-3-8-19)16-4-2-5-17(20)12-16/h2,4-5,12,15H,3,6-11,13-14H2,1H3,(H,21,23)/t15-/m0/s1. The zero-order valence-corrected chi connectivity index (χ0v) is 14.4. The van der Waals surface area contributed by atoms with Crippen molar-refractivity contribution < 1.29 is 13.9 Å². The molecule has 0 unspecified atom stereocenters. The zero-order valence-electron chi connectivity index (χ0n) is 14.4. The van der Waals surface area contributed by atoms with E-state index >= 15 is 0 Å². The first-order valence-corrected chi connectivity index (χ1v) is 8.90. The van der Waals surface area contributed by atoms with Crippen LogP contribution in [0.4, 0.5) is 4.39 Å². The Bertz CT molecular complexity index is 574. The SMILES string of the molecule is COCCN1CC[C@@H](CNC(=O)C2(c3cccc(F)c3)CCC2)C1. The van der Waals surface area contributed by atoms with Gasteiger partial charge in [-0.1, -0.05) is 18.6 Å². The van der Waals surface area contributed by atoms with Gasteiger partial charge >= 0.3 is 0 Å². The number of carbonyl (C=O) groups is 1. The average Bonchev–Trinajstić information content (AvgIpc) is 2.98. The number of hydrogen-bond donors (Lipinski definition) is 1. The van der Waals surface area contributed by atoms with Crippen molar-refractivity contribution in [3.05, 3.63) is 35.6 Å². The summed E-state index contributed by atoms with van der Waals surface area (Å²) in [7, 11) is 1.72. The maximum atomic E-state index is 13.6. The Hall–Kier alpha value is -1.46. The van der Waals surface area contributed by atoms with Crippen molar-refractivity contribution in [2.45, 2.75) is 31.1 Å². The van der Waals surface area contributed by atoms with Crippen molar-refractivity contribution in [1.82, 2.24) is 10.2 Å². The summed E-state index contributed by atoms with van der Waals surface area (Å²) in [6, 6.07) is 6.52. The molecule has 24 heavy (non-hydrogen) atoms. The highest BCUT2D eigenvalue weighted by atomic mass is 19.1. The van der Waals surface area contributed by atoms with Gasteiger partial charge in [0.1, 0.15) is 5.82 Å². The normalized spacial score (nSPS) is 23.0. The molecule has 0 radical (unpaired) electrons. The molecule has 1 saturated carbocycles. The molecule has 2 aliphatic rings. The number of rotatable bonds is 7. The number of methoxy groups -OCH3 is 1. The molecule has 0 spiro atoms. The highest BCUT2D eigenvalue weighted by Gasteiger charge is 2.45. The zero-order chi connectivity index (χ0) is 17.0. The Labute approximate surface area is 143 Å². The van der Waals surface area contributed by atoms with E-state index in [0.29, 0.717) is 12.5 Å². The van der Waals surface area contributed by atoms with Crippen molar-refractivity contribution in [1.29, 1.82) is 0 Å². The van der Waals surface area contributed by atoms with Crippen LogP contribution < -0.4 is 5.32 Å². The molecule has 5 heteroatoms. The topological polar surface area (TPSA) is 41.6 Å². The van der Waals surface area contributed by atoms with E-state index in [2.05, 4.69) is 10.2 Å². The molecule has 0 aromatic heterocycles. The fourth-order valence-electron chi connectivity index (χ4n) is 3.87. The summed E-state index contributed by atoms with van der Waals surface area (Å²) in [6.07, 6.45) is 3.76. The minimum atomic E-state index is -0.517. The second kappa shape index (κ2) is 7.62.